The fourth-order valence-electron chi connectivity index (χ4n) is 4.60. The number of hydrogen-bond acceptors (Lipinski definition) is 3. The average Bonchev–Trinajstić information content (AvgIpc) is 2.70. The third kappa shape index (κ3) is 6.02. The van der Waals surface area contributed by atoms with Crippen molar-refractivity contribution in [2.24, 2.45) is 5.41 Å². The highest BCUT2D eigenvalue weighted by Crippen LogP contribution is 2.50. The second kappa shape index (κ2) is 9.97. The first-order valence-corrected chi connectivity index (χ1v) is 16.5. The molecule has 200 valence electrons. The van der Waals surface area contributed by atoms with Crippen molar-refractivity contribution in [3.05, 3.63) is 61.5 Å². The van der Waals surface area contributed by atoms with E-state index in [4.69, 9.17) is 9.41 Å². The van der Waals surface area contributed by atoms with E-state index in [2.05, 4.69) is 70.3 Å². The Kier molecular flexibility index (Phi) is 8.19. The standard InChI is InChI=1S/C28H39F3INO2Si/c1-16(2)24-22(25(34)17-10-12-18(13-11-17)28(29,30)31)23(32)21-19(33-24)14-27(6,7)15-20(21)35-36(8,9)26(3,4)5/h10-13,16,20,25,34H,14-15H2,1-9H3/t20?,25-/m1/s1. The smallest absolute Gasteiger partial charge is 0.410 e. The van der Waals surface area contributed by atoms with Crippen LogP contribution in [-0.2, 0) is 17.0 Å². The van der Waals surface area contributed by atoms with Crippen LogP contribution in [-0.4, -0.2) is 18.4 Å². The molecule has 1 N–H and O–H groups in total. The summed E-state index contributed by atoms with van der Waals surface area (Å²) in [5.41, 5.74) is 3.20. The maximum absolute atomic E-state index is 13.1. The van der Waals surface area contributed by atoms with Gasteiger partial charge in [0, 0.05) is 20.4 Å². The van der Waals surface area contributed by atoms with E-state index in [1.807, 2.05) is 13.8 Å². The molecule has 0 fully saturated rings. The molecule has 1 aromatic carbocycles. The molecule has 0 bridgehead atoms. The van der Waals surface area contributed by atoms with Crippen LogP contribution in [0.1, 0.15) is 107 Å². The van der Waals surface area contributed by atoms with Crippen LogP contribution in [0.5, 0.6) is 0 Å². The minimum absolute atomic E-state index is 0.0118. The highest BCUT2D eigenvalue weighted by Gasteiger charge is 2.44. The maximum Gasteiger partial charge on any atom is 0.416 e. The summed E-state index contributed by atoms with van der Waals surface area (Å²) in [5.74, 6) is 0.0349. The van der Waals surface area contributed by atoms with E-state index in [1.165, 1.54) is 12.1 Å². The molecule has 3 nitrogen and oxygen atoms in total. The van der Waals surface area contributed by atoms with E-state index in [1.54, 1.807) is 0 Å². The van der Waals surface area contributed by atoms with Gasteiger partial charge in [0.05, 0.1) is 17.4 Å². The van der Waals surface area contributed by atoms with Crippen molar-refractivity contribution >= 4 is 30.9 Å². The lowest BCUT2D eigenvalue weighted by Crippen LogP contribution is -2.44. The molecule has 1 aliphatic carbocycles. The highest BCUT2D eigenvalue weighted by molar-refractivity contribution is 14.1. The Morgan fingerprint density at radius 3 is 2.14 bits per heavy atom. The van der Waals surface area contributed by atoms with Gasteiger partial charge in [-0.15, -0.1) is 0 Å². The second-order valence-electron chi connectivity index (χ2n) is 12.7. The fourth-order valence-corrected chi connectivity index (χ4v) is 7.09. The molecule has 36 heavy (non-hydrogen) atoms. The van der Waals surface area contributed by atoms with Gasteiger partial charge in [-0.2, -0.15) is 13.2 Å². The highest BCUT2D eigenvalue weighted by atomic mass is 127. The summed E-state index contributed by atoms with van der Waals surface area (Å²) in [7, 11) is -2.11. The molecule has 1 aliphatic rings. The molecule has 2 atom stereocenters. The summed E-state index contributed by atoms with van der Waals surface area (Å²) >= 11 is 2.30. The molecule has 0 spiro atoms. The predicted molar refractivity (Wildman–Crippen MR) is 150 cm³/mol. The quantitative estimate of drug-likeness (QED) is 0.264. The number of fused-ring (bicyclic) bond motifs is 1. The summed E-state index contributed by atoms with van der Waals surface area (Å²) in [6, 6.07) is 4.77. The van der Waals surface area contributed by atoms with Crippen LogP contribution in [0, 0.1) is 8.99 Å². The molecule has 1 unspecified atom stereocenters. The van der Waals surface area contributed by atoms with E-state index in [0.717, 1.165) is 45.5 Å². The summed E-state index contributed by atoms with van der Waals surface area (Å²) in [5, 5.41) is 11.5. The van der Waals surface area contributed by atoms with Crippen molar-refractivity contribution < 1.29 is 22.7 Å². The first-order chi connectivity index (χ1) is 16.2. The zero-order valence-electron chi connectivity index (χ0n) is 22.8. The van der Waals surface area contributed by atoms with Gasteiger partial charge in [0.15, 0.2) is 8.32 Å². The SMILES string of the molecule is CC(C)c1nc2c(c(I)c1[C@H](O)c1ccc(C(F)(F)F)cc1)C(O[Si](C)(C)C(C)(C)C)CC(C)(C)C2. The monoisotopic (exact) mass is 633 g/mol. The van der Waals surface area contributed by atoms with E-state index in [9.17, 15) is 18.3 Å². The van der Waals surface area contributed by atoms with Crippen molar-refractivity contribution in [3.63, 3.8) is 0 Å². The first-order valence-electron chi connectivity index (χ1n) is 12.5. The van der Waals surface area contributed by atoms with Crippen molar-refractivity contribution in [1.29, 1.82) is 0 Å². The number of aromatic nitrogens is 1. The van der Waals surface area contributed by atoms with Gasteiger partial charge in [0.1, 0.15) is 6.10 Å². The molecule has 8 heteroatoms. The van der Waals surface area contributed by atoms with Gasteiger partial charge in [-0.3, -0.25) is 4.98 Å². The molecule has 1 heterocycles. The van der Waals surface area contributed by atoms with Crippen molar-refractivity contribution in [1.82, 2.24) is 4.98 Å². The fraction of sp³-hybridized carbons (Fsp3) is 0.607. The van der Waals surface area contributed by atoms with Crippen LogP contribution in [0.4, 0.5) is 13.2 Å². The van der Waals surface area contributed by atoms with E-state index < -0.39 is 26.2 Å². The van der Waals surface area contributed by atoms with E-state index >= 15 is 0 Å². The van der Waals surface area contributed by atoms with Crippen molar-refractivity contribution in [3.8, 4) is 0 Å². The molecule has 0 saturated carbocycles. The minimum atomic E-state index is -4.42. The zero-order valence-corrected chi connectivity index (χ0v) is 25.9. The zero-order chi connectivity index (χ0) is 27.4. The van der Waals surface area contributed by atoms with Gasteiger partial charge in [-0.1, -0.05) is 60.6 Å². The Balaban J connectivity index is 2.18. The minimum Gasteiger partial charge on any atom is -0.410 e. The van der Waals surface area contributed by atoms with Gasteiger partial charge < -0.3 is 9.53 Å². The Labute approximate surface area is 228 Å². The number of nitrogens with zero attached hydrogens (tertiary/aromatic N) is 1. The van der Waals surface area contributed by atoms with Crippen molar-refractivity contribution in [2.45, 2.75) is 104 Å². The van der Waals surface area contributed by atoms with Crippen LogP contribution in [0.3, 0.4) is 0 Å². The van der Waals surface area contributed by atoms with Crippen molar-refractivity contribution in [2.75, 3.05) is 0 Å². The number of alkyl halides is 3. The van der Waals surface area contributed by atoms with Crippen LogP contribution < -0.4 is 0 Å². The van der Waals surface area contributed by atoms with Gasteiger partial charge in [0.2, 0.25) is 0 Å². The van der Waals surface area contributed by atoms with Crippen LogP contribution >= 0.6 is 22.6 Å². The second-order valence-corrected chi connectivity index (χ2v) is 18.5. The van der Waals surface area contributed by atoms with Crippen LogP contribution in [0.15, 0.2) is 24.3 Å². The molecule has 2 aromatic rings. The Hall–Kier alpha value is -0.973. The molecule has 0 saturated heterocycles. The van der Waals surface area contributed by atoms with Gasteiger partial charge in [0.25, 0.3) is 0 Å². The van der Waals surface area contributed by atoms with Gasteiger partial charge in [-0.25, -0.2) is 0 Å². The summed E-state index contributed by atoms with van der Waals surface area (Å²) in [4.78, 5) is 5.11. The number of aliphatic hydroxyl groups excluding tert-OH is 1. The van der Waals surface area contributed by atoms with Gasteiger partial charge in [-0.05, 0) is 82.6 Å². The average molecular weight is 634 g/mol. The van der Waals surface area contributed by atoms with E-state index in [0.29, 0.717) is 11.1 Å². The maximum atomic E-state index is 13.1. The molecular weight excluding hydrogens is 594 g/mol. The molecule has 0 aliphatic heterocycles. The molecule has 0 amide bonds. The first kappa shape index (κ1) is 29.6. The molecular formula is C28H39F3INO2Si. The normalized spacial score (nSPS) is 19.4. The number of hydrogen-bond donors (Lipinski definition) is 1. The van der Waals surface area contributed by atoms with Crippen LogP contribution in [0.2, 0.25) is 18.1 Å². The lowest BCUT2D eigenvalue weighted by Gasteiger charge is -2.44. The topological polar surface area (TPSA) is 42.4 Å². The number of benzene rings is 1. The number of rotatable bonds is 5. The molecule has 3 rings (SSSR count). The van der Waals surface area contributed by atoms with Crippen LogP contribution in [0.25, 0.3) is 0 Å². The summed E-state index contributed by atoms with van der Waals surface area (Å²) < 4.78 is 47.2. The summed E-state index contributed by atoms with van der Waals surface area (Å²) in [6.45, 7) is 19.7. The summed E-state index contributed by atoms with van der Waals surface area (Å²) in [6.07, 6.45) is -4.00. The lowest BCUT2D eigenvalue weighted by molar-refractivity contribution is -0.137. The Morgan fingerprint density at radius 2 is 1.67 bits per heavy atom. The number of aliphatic hydroxyl groups is 1. The number of pyridine rings is 1. The largest absolute Gasteiger partial charge is 0.416 e. The Bertz CT molecular complexity index is 1110. The Morgan fingerprint density at radius 1 is 1.11 bits per heavy atom. The number of halogens is 4. The molecule has 1 aromatic heterocycles. The predicted octanol–water partition coefficient (Wildman–Crippen LogP) is 8.95. The van der Waals surface area contributed by atoms with E-state index in [-0.39, 0.29) is 22.5 Å². The third-order valence-corrected chi connectivity index (χ3v) is 13.3. The van der Waals surface area contributed by atoms with Gasteiger partial charge >= 0.3 is 6.18 Å². The third-order valence-electron chi connectivity index (χ3n) is 7.64. The molecule has 0 radical (unpaired) electrons. The lowest BCUT2D eigenvalue weighted by atomic mass is 9.74.